The number of aliphatic carboxylic acids is 1. The van der Waals surface area contributed by atoms with Gasteiger partial charge in [0.05, 0.1) is 16.6 Å². The van der Waals surface area contributed by atoms with Crippen LogP contribution in [0.2, 0.25) is 5.02 Å². The first-order valence-corrected chi connectivity index (χ1v) is 6.48. The van der Waals surface area contributed by atoms with Gasteiger partial charge < -0.3 is 10.0 Å². The SMILES string of the molecule is CC1(C(=O)O)CCN(C(=O)CCn2cc(Cl)cn2)C1. The molecule has 2 heterocycles. The fourth-order valence-corrected chi connectivity index (χ4v) is 2.33. The van der Waals surface area contributed by atoms with Crippen LogP contribution in [0.4, 0.5) is 0 Å². The Bertz CT molecular complexity index is 502. The largest absolute Gasteiger partial charge is 0.481 e. The molecule has 1 aliphatic heterocycles. The predicted molar refractivity (Wildman–Crippen MR) is 68.8 cm³/mol. The van der Waals surface area contributed by atoms with Gasteiger partial charge in [0.25, 0.3) is 0 Å². The van der Waals surface area contributed by atoms with Crippen molar-refractivity contribution in [3.05, 3.63) is 17.4 Å². The molecular formula is C12H16ClN3O3. The molecule has 1 saturated heterocycles. The number of carbonyl (C=O) groups excluding carboxylic acids is 1. The molecule has 1 amide bonds. The van der Waals surface area contributed by atoms with Crippen molar-refractivity contribution in [1.82, 2.24) is 14.7 Å². The highest BCUT2D eigenvalue weighted by Crippen LogP contribution is 2.30. The minimum Gasteiger partial charge on any atom is -0.481 e. The molecule has 0 aromatic carbocycles. The first-order valence-electron chi connectivity index (χ1n) is 6.10. The first-order chi connectivity index (χ1) is 8.90. The number of carboxylic acids is 1. The average molecular weight is 286 g/mol. The van der Waals surface area contributed by atoms with Gasteiger partial charge in [-0.15, -0.1) is 0 Å². The lowest BCUT2D eigenvalue weighted by Gasteiger charge is -2.20. The third-order valence-electron chi connectivity index (χ3n) is 3.50. The van der Waals surface area contributed by atoms with E-state index in [4.69, 9.17) is 16.7 Å². The normalized spacial score (nSPS) is 22.7. The summed E-state index contributed by atoms with van der Waals surface area (Å²) >= 11 is 5.73. The summed E-state index contributed by atoms with van der Waals surface area (Å²) in [6.45, 7) is 2.91. The average Bonchev–Trinajstić information content (AvgIpc) is 2.94. The summed E-state index contributed by atoms with van der Waals surface area (Å²) in [6, 6.07) is 0. The van der Waals surface area contributed by atoms with Crippen molar-refractivity contribution >= 4 is 23.5 Å². The van der Waals surface area contributed by atoms with Crippen LogP contribution < -0.4 is 0 Å². The van der Waals surface area contributed by atoms with Gasteiger partial charge >= 0.3 is 5.97 Å². The number of nitrogens with zero attached hydrogens (tertiary/aromatic N) is 3. The molecule has 104 valence electrons. The Balaban J connectivity index is 1.86. The lowest BCUT2D eigenvalue weighted by Crippen LogP contribution is -2.35. The molecule has 0 spiro atoms. The molecule has 6 nitrogen and oxygen atoms in total. The third kappa shape index (κ3) is 3.07. The van der Waals surface area contributed by atoms with E-state index >= 15 is 0 Å². The highest BCUT2D eigenvalue weighted by molar-refractivity contribution is 6.30. The zero-order valence-corrected chi connectivity index (χ0v) is 11.4. The van der Waals surface area contributed by atoms with Crippen LogP contribution in [0.5, 0.6) is 0 Å². The Hall–Kier alpha value is -1.56. The first kappa shape index (κ1) is 13.9. The van der Waals surface area contributed by atoms with E-state index in [2.05, 4.69) is 5.10 Å². The summed E-state index contributed by atoms with van der Waals surface area (Å²) in [5.74, 6) is -0.891. The summed E-state index contributed by atoms with van der Waals surface area (Å²) in [6.07, 6.45) is 3.97. The van der Waals surface area contributed by atoms with Crippen molar-refractivity contribution in [3.63, 3.8) is 0 Å². The maximum atomic E-state index is 12.0. The van der Waals surface area contributed by atoms with Crippen molar-refractivity contribution in [3.8, 4) is 0 Å². The molecule has 0 radical (unpaired) electrons. The van der Waals surface area contributed by atoms with Gasteiger partial charge in [-0.25, -0.2) is 0 Å². The number of likely N-dealkylation sites (tertiary alicyclic amines) is 1. The Morgan fingerprint density at radius 1 is 1.58 bits per heavy atom. The second kappa shape index (κ2) is 5.21. The number of aromatic nitrogens is 2. The second-order valence-electron chi connectivity index (χ2n) is 5.10. The summed E-state index contributed by atoms with van der Waals surface area (Å²) in [5.41, 5.74) is -0.815. The van der Waals surface area contributed by atoms with Gasteiger partial charge in [-0.1, -0.05) is 11.6 Å². The maximum absolute atomic E-state index is 12.0. The van der Waals surface area contributed by atoms with Crippen LogP contribution in [-0.2, 0) is 16.1 Å². The molecule has 1 unspecified atom stereocenters. The topological polar surface area (TPSA) is 75.4 Å². The molecule has 1 aromatic rings. The number of rotatable bonds is 4. The van der Waals surface area contributed by atoms with E-state index in [0.717, 1.165) is 0 Å². The summed E-state index contributed by atoms with van der Waals surface area (Å²) in [5, 5.41) is 13.6. The number of aryl methyl sites for hydroxylation is 1. The molecule has 1 aliphatic rings. The van der Waals surface area contributed by atoms with Crippen LogP contribution in [0.25, 0.3) is 0 Å². The molecule has 0 saturated carbocycles. The van der Waals surface area contributed by atoms with Crippen LogP contribution in [-0.4, -0.2) is 44.8 Å². The number of amides is 1. The third-order valence-corrected chi connectivity index (χ3v) is 3.69. The van der Waals surface area contributed by atoms with Gasteiger partial charge in [0, 0.05) is 32.3 Å². The molecule has 1 N–H and O–H groups in total. The lowest BCUT2D eigenvalue weighted by atomic mass is 9.90. The van der Waals surface area contributed by atoms with Gasteiger partial charge in [-0.3, -0.25) is 14.3 Å². The van der Waals surface area contributed by atoms with Crippen LogP contribution in [0.3, 0.4) is 0 Å². The monoisotopic (exact) mass is 285 g/mol. The zero-order valence-electron chi connectivity index (χ0n) is 10.7. The fourth-order valence-electron chi connectivity index (χ4n) is 2.18. The minimum absolute atomic E-state index is 0.0448. The van der Waals surface area contributed by atoms with Crippen LogP contribution in [0.1, 0.15) is 19.8 Å². The van der Waals surface area contributed by atoms with E-state index < -0.39 is 11.4 Å². The second-order valence-corrected chi connectivity index (χ2v) is 5.54. The summed E-state index contributed by atoms with van der Waals surface area (Å²) in [4.78, 5) is 24.7. The van der Waals surface area contributed by atoms with Crippen molar-refractivity contribution in [2.24, 2.45) is 5.41 Å². The number of carbonyl (C=O) groups is 2. The van der Waals surface area contributed by atoms with Crippen LogP contribution in [0.15, 0.2) is 12.4 Å². The van der Waals surface area contributed by atoms with E-state index in [0.29, 0.717) is 31.0 Å². The van der Waals surface area contributed by atoms with Crippen molar-refractivity contribution in [2.45, 2.75) is 26.3 Å². The Morgan fingerprint density at radius 3 is 2.84 bits per heavy atom. The maximum Gasteiger partial charge on any atom is 0.311 e. The lowest BCUT2D eigenvalue weighted by molar-refractivity contribution is -0.147. The van der Waals surface area contributed by atoms with Gasteiger partial charge in [-0.2, -0.15) is 5.10 Å². The smallest absolute Gasteiger partial charge is 0.311 e. The molecule has 19 heavy (non-hydrogen) atoms. The summed E-state index contributed by atoms with van der Waals surface area (Å²) < 4.78 is 1.60. The van der Waals surface area contributed by atoms with Crippen molar-refractivity contribution < 1.29 is 14.7 Å². The van der Waals surface area contributed by atoms with Gasteiger partial charge in [0.2, 0.25) is 5.91 Å². The Kier molecular flexibility index (Phi) is 3.80. The molecule has 2 rings (SSSR count). The Morgan fingerprint density at radius 2 is 2.32 bits per heavy atom. The quantitative estimate of drug-likeness (QED) is 0.903. The van der Waals surface area contributed by atoms with E-state index in [1.165, 1.54) is 6.20 Å². The molecule has 0 aliphatic carbocycles. The van der Waals surface area contributed by atoms with E-state index in [-0.39, 0.29) is 12.5 Å². The van der Waals surface area contributed by atoms with Gasteiger partial charge in [-0.05, 0) is 13.3 Å². The summed E-state index contributed by atoms with van der Waals surface area (Å²) in [7, 11) is 0. The number of hydrogen-bond donors (Lipinski definition) is 1. The molecule has 1 aromatic heterocycles. The van der Waals surface area contributed by atoms with Crippen LogP contribution in [0, 0.1) is 5.41 Å². The van der Waals surface area contributed by atoms with E-state index in [1.54, 1.807) is 22.7 Å². The molecule has 7 heteroatoms. The minimum atomic E-state index is -0.846. The number of carboxylic acid groups (broad SMARTS) is 1. The van der Waals surface area contributed by atoms with Gasteiger partial charge in [0.1, 0.15) is 0 Å². The van der Waals surface area contributed by atoms with E-state index in [1.807, 2.05) is 0 Å². The zero-order chi connectivity index (χ0) is 14.0. The number of halogens is 1. The molecular weight excluding hydrogens is 270 g/mol. The van der Waals surface area contributed by atoms with E-state index in [9.17, 15) is 9.59 Å². The van der Waals surface area contributed by atoms with Crippen molar-refractivity contribution in [2.75, 3.05) is 13.1 Å². The molecule has 1 atom stereocenters. The molecule has 1 fully saturated rings. The fraction of sp³-hybridized carbons (Fsp3) is 0.583. The standard InChI is InChI=1S/C12H16ClN3O3/c1-12(11(18)19)3-5-15(8-12)10(17)2-4-16-7-9(13)6-14-16/h6-7H,2-5,8H2,1H3,(H,18,19). The molecule has 0 bridgehead atoms. The van der Waals surface area contributed by atoms with Crippen molar-refractivity contribution in [1.29, 1.82) is 0 Å². The highest BCUT2D eigenvalue weighted by atomic mass is 35.5. The van der Waals surface area contributed by atoms with Crippen LogP contribution >= 0.6 is 11.6 Å². The number of hydrogen-bond acceptors (Lipinski definition) is 3. The highest BCUT2D eigenvalue weighted by Gasteiger charge is 2.41. The predicted octanol–water partition coefficient (Wildman–Crippen LogP) is 1.25. The van der Waals surface area contributed by atoms with Gasteiger partial charge in [0.15, 0.2) is 0 Å². The Labute approximate surface area is 115 Å².